The molecule has 0 aromatic heterocycles. The van der Waals surface area contributed by atoms with E-state index in [-0.39, 0.29) is 18.3 Å². The monoisotopic (exact) mass is 362 g/mol. The average Bonchev–Trinajstić information content (AvgIpc) is 2.62. The minimum absolute atomic E-state index is 0. The van der Waals surface area contributed by atoms with Gasteiger partial charge in [0, 0.05) is 13.2 Å². The Kier molecular flexibility index (Phi) is 10.6. The zero-order valence-corrected chi connectivity index (χ0v) is 15.2. The minimum atomic E-state index is -0.508. The van der Waals surface area contributed by atoms with E-state index in [0.717, 1.165) is 18.4 Å². The Morgan fingerprint density at radius 3 is 2.20 bits per heavy atom. The number of nitrogens with one attached hydrogen (secondary N) is 1. The fraction of sp³-hybridized carbons (Fsp3) is 0.350. The third-order valence-electron chi connectivity index (χ3n) is 3.78. The van der Waals surface area contributed by atoms with E-state index < -0.39 is 6.04 Å². The number of nitrogens with two attached hydrogens (primary N) is 1. The summed E-state index contributed by atoms with van der Waals surface area (Å²) in [6.45, 7) is 1.93. The molecular formula is C20H27ClN2O2. The maximum absolute atomic E-state index is 11.9. The molecule has 0 fully saturated rings. The molecule has 2 aromatic carbocycles. The summed E-state index contributed by atoms with van der Waals surface area (Å²) in [6.07, 6.45) is 2.26. The van der Waals surface area contributed by atoms with Gasteiger partial charge in [0.25, 0.3) is 0 Å². The first-order valence-corrected chi connectivity index (χ1v) is 8.44. The molecule has 0 heterocycles. The smallest absolute Gasteiger partial charge is 0.237 e. The predicted octanol–water partition coefficient (Wildman–Crippen LogP) is 2.74. The molecular weight excluding hydrogens is 336 g/mol. The van der Waals surface area contributed by atoms with E-state index in [0.29, 0.717) is 26.2 Å². The van der Waals surface area contributed by atoms with Crippen LogP contribution in [0.15, 0.2) is 60.7 Å². The van der Waals surface area contributed by atoms with Crippen LogP contribution in [0.1, 0.15) is 17.5 Å². The molecule has 0 aliphatic rings. The van der Waals surface area contributed by atoms with Crippen LogP contribution in [0.2, 0.25) is 0 Å². The molecule has 0 aliphatic carbocycles. The lowest BCUT2D eigenvalue weighted by atomic mass is 10.1. The third-order valence-corrected chi connectivity index (χ3v) is 3.78. The van der Waals surface area contributed by atoms with Gasteiger partial charge in [-0.3, -0.25) is 4.79 Å². The zero-order valence-electron chi connectivity index (χ0n) is 14.4. The van der Waals surface area contributed by atoms with Crippen molar-refractivity contribution in [2.24, 2.45) is 5.73 Å². The van der Waals surface area contributed by atoms with E-state index in [9.17, 15) is 4.79 Å². The fourth-order valence-electron chi connectivity index (χ4n) is 2.41. The van der Waals surface area contributed by atoms with E-state index in [1.807, 2.05) is 48.5 Å². The van der Waals surface area contributed by atoms with E-state index in [2.05, 4.69) is 17.4 Å². The summed E-state index contributed by atoms with van der Waals surface area (Å²) in [5, 5.41) is 2.87. The van der Waals surface area contributed by atoms with E-state index in [4.69, 9.17) is 10.5 Å². The van der Waals surface area contributed by atoms with Gasteiger partial charge in [0.2, 0.25) is 5.91 Å². The SMILES string of the molecule is Cl.N[C@@H](Cc1ccccc1)C(=O)NCCCOCCc1ccccc1. The minimum Gasteiger partial charge on any atom is -0.381 e. The number of amides is 1. The molecule has 5 heteroatoms. The van der Waals surface area contributed by atoms with Crippen molar-refractivity contribution < 1.29 is 9.53 Å². The largest absolute Gasteiger partial charge is 0.381 e. The second-order valence-electron chi connectivity index (χ2n) is 5.79. The summed E-state index contributed by atoms with van der Waals surface area (Å²) in [5.74, 6) is -0.108. The van der Waals surface area contributed by atoms with Crippen LogP contribution in [0.3, 0.4) is 0 Å². The van der Waals surface area contributed by atoms with Gasteiger partial charge in [-0.15, -0.1) is 12.4 Å². The number of carbonyl (C=O) groups is 1. The average molecular weight is 363 g/mol. The Labute approximate surface area is 156 Å². The summed E-state index contributed by atoms with van der Waals surface area (Å²) in [6, 6.07) is 19.6. The summed E-state index contributed by atoms with van der Waals surface area (Å²) in [4.78, 5) is 11.9. The summed E-state index contributed by atoms with van der Waals surface area (Å²) < 4.78 is 5.59. The van der Waals surface area contributed by atoms with Crippen molar-refractivity contribution in [1.82, 2.24) is 5.32 Å². The number of benzene rings is 2. The van der Waals surface area contributed by atoms with E-state index >= 15 is 0 Å². The number of hydrogen-bond acceptors (Lipinski definition) is 3. The quantitative estimate of drug-likeness (QED) is 0.639. The molecule has 1 atom stereocenters. The Morgan fingerprint density at radius 2 is 1.56 bits per heavy atom. The van der Waals surface area contributed by atoms with Crippen molar-refractivity contribution in [3.8, 4) is 0 Å². The van der Waals surface area contributed by atoms with Crippen LogP contribution in [-0.4, -0.2) is 31.7 Å². The Morgan fingerprint density at radius 1 is 0.960 bits per heavy atom. The molecule has 0 saturated heterocycles. The van der Waals surface area contributed by atoms with Gasteiger partial charge < -0.3 is 15.8 Å². The summed E-state index contributed by atoms with van der Waals surface area (Å²) >= 11 is 0. The molecule has 136 valence electrons. The second kappa shape index (κ2) is 12.5. The number of rotatable bonds is 10. The number of carbonyl (C=O) groups excluding carboxylic acids is 1. The van der Waals surface area contributed by atoms with Crippen LogP contribution in [0.25, 0.3) is 0 Å². The lowest BCUT2D eigenvalue weighted by Gasteiger charge is -2.12. The van der Waals surface area contributed by atoms with Crippen LogP contribution >= 0.6 is 12.4 Å². The highest BCUT2D eigenvalue weighted by Crippen LogP contribution is 2.02. The van der Waals surface area contributed by atoms with Gasteiger partial charge in [-0.25, -0.2) is 0 Å². The Bertz CT molecular complexity index is 593. The molecule has 25 heavy (non-hydrogen) atoms. The van der Waals surface area contributed by atoms with Gasteiger partial charge in [0.15, 0.2) is 0 Å². The molecule has 2 rings (SSSR count). The van der Waals surface area contributed by atoms with Crippen molar-refractivity contribution in [2.75, 3.05) is 19.8 Å². The standard InChI is InChI=1S/C20H26N2O2.ClH/c21-19(16-18-10-5-2-6-11-18)20(23)22-13-7-14-24-15-12-17-8-3-1-4-9-17;/h1-6,8-11,19H,7,12-16,21H2,(H,22,23);1H/t19-;/m0./s1. The maximum atomic E-state index is 11.9. The third kappa shape index (κ3) is 8.68. The highest BCUT2D eigenvalue weighted by atomic mass is 35.5. The topological polar surface area (TPSA) is 64.4 Å². The molecule has 0 saturated carbocycles. The number of hydrogen-bond donors (Lipinski definition) is 2. The zero-order chi connectivity index (χ0) is 17.0. The van der Waals surface area contributed by atoms with Crippen molar-refractivity contribution >= 4 is 18.3 Å². The molecule has 0 radical (unpaired) electrons. The number of ether oxygens (including phenoxy) is 1. The molecule has 0 bridgehead atoms. The van der Waals surface area contributed by atoms with E-state index in [1.54, 1.807) is 0 Å². The highest BCUT2D eigenvalue weighted by molar-refractivity contribution is 5.85. The molecule has 1 amide bonds. The first-order chi connectivity index (χ1) is 11.8. The molecule has 4 nitrogen and oxygen atoms in total. The Balaban J connectivity index is 0.00000312. The van der Waals surface area contributed by atoms with Gasteiger partial charge in [-0.1, -0.05) is 60.7 Å². The molecule has 0 unspecified atom stereocenters. The maximum Gasteiger partial charge on any atom is 0.237 e. The fourth-order valence-corrected chi connectivity index (χ4v) is 2.41. The van der Waals surface area contributed by atoms with Crippen LogP contribution in [-0.2, 0) is 22.4 Å². The molecule has 3 N–H and O–H groups in total. The van der Waals surface area contributed by atoms with Gasteiger partial charge in [0.05, 0.1) is 12.6 Å². The van der Waals surface area contributed by atoms with Crippen molar-refractivity contribution in [2.45, 2.75) is 25.3 Å². The predicted molar refractivity (Wildman–Crippen MR) is 104 cm³/mol. The lowest BCUT2D eigenvalue weighted by molar-refractivity contribution is -0.122. The molecule has 0 aliphatic heterocycles. The number of halogens is 1. The van der Waals surface area contributed by atoms with Gasteiger partial charge in [-0.2, -0.15) is 0 Å². The highest BCUT2D eigenvalue weighted by Gasteiger charge is 2.12. The summed E-state index contributed by atoms with van der Waals surface area (Å²) in [7, 11) is 0. The lowest BCUT2D eigenvalue weighted by Crippen LogP contribution is -2.42. The van der Waals surface area contributed by atoms with Crippen molar-refractivity contribution in [3.05, 3.63) is 71.8 Å². The van der Waals surface area contributed by atoms with Gasteiger partial charge in [0.1, 0.15) is 0 Å². The Hall–Kier alpha value is -1.88. The second-order valence-corrected chi connectivity index (χ2v) is 5.79. The summed E-state index contributed by atoms with van der Waals surface area (Å²) in [5.41, 5.74) is 8.28. The van der Waals surface area contributed by atoms with Gasteiger partial charge >= 0.3 is 0 Å². The van der Waals surface area contributed by atoms with Crippen LogP contribution in [0.4, 0.5) is 0 Å². The van der Waals surface area contributed by atoms with Crippen LogP contribution in [0.5, 0.6) is 0 Å². The normalized spacial score (nSPS) is 11.4. The molecule has 0 spiro atoms. The first-order valence-electron chi connectivity index (χ1n) is 8.44. The van der Waals surface area contributed by atoms with Crippen LogP contribution < -0.4 is 11.1 Å². The van der Waals surface area contributed by atoms with Crippen molar-refractivity contribution in [3.63, 3.8) is 0 Å². The van der Waals surface area contributed by atoms with Crippen LogP contribution in [0, 0.1) is 0 Å². The molecule has 2 aromatic rings. The van der Waals surface area contributed by atoms with Gasteiger partial charge in [-0.05, 0) is 30.4 Å². The van der Waals surface area contributed by atoms with E-state index in [1.165, 1.54) is 5.56 Å². The first kappa shape index (κ1) is 21.2. The van der Waals surface area contributed by atoms with Crippen molar-refractivity contribution in [1.29, 1.82) is 0 Å².